The highest BCUT2D eigenvalue weighted by atomic mass is 16.5. The standard InChI is InChI=1S/C12H20N2O2/c1-10(2)14(7-8-16-3)11(15)12(9-13)5-4-6-12/h10H,4-8H2,1-3H3. The van der Waals surface area contributed by atoms with Gasteiger partial charge in [0.1, 0.15) is 5.41 Å². The van der Waals surface area contributed by atoms with Crippen LogP contribution in [0.5, 0.6) is 0 Å². The van der Waals surface area contributed by atoms with Crippen LogP contribution in [-0.4, -0.2) is 37.1 Å². The molecule has 0 aliphatic heterocycles. The van der Waals surface area contributed by atoms with Gasteiger partial charge in [-0.3, -0.25) is 4.79 Å². The molecule has 0 unspecified atom stereocenters. The second-order valence-electron chi connectivity index (χ2n) is 4.63. The summed E-state index contributed by atoms with van der Waals surface area (Å²) in [5.41, 5.74) is -0.738. The molecule has 0 N–H and O–H groups in total. The van der Waals surface area contributed by atoms with Gasteiger partial charge in [-0.15, -0.1) is 0 Å². The van der Waals surface area contributed by atoms with Crippen LogP contribution in [0.2, 0.25) is 0 Å². The van der Waals surface area contributed by atoms with Crippen molar-refractivity contribution in [1.29, 1.82) is 5.26 Å². The maximum Gasteiger partial charge on any atom is 0.243 e. The molecule has 0 radical (unpaired) electrons. The van der Waals surface area contributed by atoms with E-state index >= 15 is 0 Å². The first-order valence-electron chi connectivity index (χ1n) is 5.78. The van der Waals surface area contributed by atoms with Crippen LogP contribution < -0.4 is 0 Å². The molecule has 4 heteroatoms. The average molecular weight is 224 g/mol. The van der Waals surface area contributed by atoms with Crippen LogP contribution in [0.4, 0.5) is 0 Å². The molecule has 0 atom stereocenters. The minimum atomic E-state index is -0.738. The fourth-order valence-electron chi connectivity index (χ4n) is 1.96. The van der Waals surface area contributed by atoms with E-state index in [2.05, 4.69) is 6.07 Å². The Morgan fingerprint density at radius 2 is 2.19 bits per heavy atom. The Labute approximate surface area is 97.2 Å². The molecular formula is C12H20N2O2. The van der Waals surface area contributed by atoms with Crippen molar-refractivity contribution in [2.75, 3.05) is 20.3 Å². The molecule has 16 heavy (non-hydrogen) atoms. The Morgan fingerprint density at radius 1 is 1.56 bits per heavy atom. The largest absolute Gasteiger partial charge is 0.383 e. The van der Waals surface area contributed by atoms with E-state index < -0.39 is 5.41 Å². The highest BCUT2D eigenvalue weighted by Gasteiger charge is 2.47. The molecule has 1 rings (SSSR count). The van der Waals surface area contributed by atoms with Crippen molar-refractivity contribution in [1.82, 2.24) is 4.90 Å². The quantitative estimate of drug-likeness (QED) is 0.712. The number of ether oxygens (including phenoxy) is 1. The van der Waals surface area contributed by atoms with Crippen LogP contribution in [0.15, 0.2) is 0 Å². The molecule has 1 fully saturated rings. The Balaban J connectivity index is 2.71. The maximum absolute atomic E-state index is 12.3. The molecule has 4 nitrogen and oxygen atoms in total. The van der Waals surface area contributed by atoms with E-state index in [0.717, 1.165) is 6.42 Å². The summed E-state index contributed by atoms with van der Waals surface area (Å²) in [5.74, 6) is -0.0201. The van der Waals surface area contributed by atoms with Gasteiger partial charge in [0.05, 0.1) is 12.7 Å². The van der Waals surface area contributed by atoms with Crippen molar-refractivity contribution in [3.63, 3.8) is 0 Å². The number of carbonyl (C=O) groups excluding carboxylic acids is 1. The van der Waals surface area contributed by atoms with Crippen molar-refractivity contribution in [3.05, 3.63) is 0 Å². The normalized spacial score (nSPS) is 17.7. The number of hydrogen-bond donors (Lipinski definition) is 0. The van der Waals surface area contributed by atoms with E-state index in [1.165, 1.54) is 0 Å². The van der Waals surface area contributed by atoms with Crippen molar-refractivity contribution in [3.8, 4) is 6.07 Å². The number of methoxy groups -OCH3 is 1. The number of nitriles is 1. The van der Waals surface area contributed by atoms with Crippen LogP contribution in [-0.2, 0) is 9.53 Å². The van der Waals surface area contributed by atoms with Gasteiger partial charge in [-0.05, 0) is 33.1 Å². The van der Waals surface area contributed by atoms with Gasteiger partial charge < -0.3 is 9.64 Å². The topological polar surface area (TPSA) is 53.3 Å². The third-order valence-corrected chi connectivity index (χ3v) is 3.25. The summed E-state index contributed by atoms with van der Waals surface area (Å²) in [5, 5.41) is 9.13. The van der Waals surface area contributed by atoms with Gasteiger partial charge in [0.15, 0.2) is 0 Å². The number of nitrogens with zero attached hydrogens (tertiary/aromatic N) is 2. The summed E-state index contributed by atoms with van der Waals surface area (Å²) in [4.78, 5) is 14.0. The van der Waals surface area contributed by atoms with Crippen molar-refractivity contribution < 1.29 is 9.53 Å². The van der Waals surface area contributed by atoms with E-state index in [9.17, 15) is 4.79 Å². The van der Waals surface area contributed by atoms with Crippen molar-refractivity contribution in [2.45, 2.75) is 39.2 Å². The molecule has 0 aromatic carbocycles. The van der Waals surface area contributed by atoms with Gasteiger partial charge in [-0.25, -0.2) is 0 Å². The van der Waals surface area contributed by atoms with Crippen LogP contribution in [0.1, 0.15) is 33.1 Å². The van der Waals surface area contributed by atoms with Gasteiger partial charge in [0.2, 0.25) is 5.91 Å². The second kappa shape index (κ2) is 5.31. The van der Waals surface area contributed by atoms with Crippen molar-refractivity contribution >= 4 is 5.91 Å². The van der Waals surface area contributed by atoms with E-state index in [1.807, 2.05) is 13.8 Å². The fourth-order valence-corrected chi connectivity index (χ4v) is 1.96. The lowest BCUT2D eigenvalue weighted by atomic mass is 9.69. The highest BCUT2D eigenvalue weighted by molar-refractivity contribution is 5.86. The lowest BCUT2D eigenvalue weighted by Crippen LogP contribution is -2.50. The summed E-state index contributed by atoms with van der Waals surface area (Å²) in [6.07, 6.45) is 2.40. The van der Waals surface area contributed by atoms with Gasteiger partial charge in [-0.2, -0.15) is 5.26 Å². The highest BCUT2D eigenvalue weighted by Crippen LogP contribution is 2.42. The second-order valence-corrected chi connectivity index (χ2v) is 4.63. The molecular weight excluding hydrogens is 204 g/mol. The van der Waals surface area contributed by atoms with Crippen LogP contribution in [0, 0.1) is 16.7 Å². The molecule has 0 bridgehead atoms. The third-order valence-electron chi connectivity index (χ3n) is 3.25. The minimum Gasteiger partial charge on any atom is -0.383 e. The summed E-state index contributed by atoms with van der Waals surface area (Å²) in [6, 6.07) is 2.31. The zero-order chi connectivity index (χ0) is 12.2. The van der Waals surface area contributed by atoms with E-state index in [4.69, 9.17) is 10.00 Å². The first-order valence-corrected chi connectivity index (χ1v) is 5.78. The van der Waals surface area contributed by atoms with Gasteiger partial charge >= 0.3 is 0 Å². The van der Waals surface area contributed by atoms with E-state index in [-0.39, 0.29) is 11.9 Å². The Kier molecular flexibility index (Phi) is 4.31. The van der Waals surface area contributed by atoms with E-state index in [0.29, 0.717) is 26.0 Å². The molecule has 0 aromatic heterocycles. The SMILES string of the molecule is COCCN(C(=O)C1(C#N)CCC1)C(C)C. The predicted octanol–water partition coefficient (Wildman–Crippen LogP) is 1.56. The van der Waals surface area contributed by atoms with E-state index in [1.54, 1.807) is 12.0 Å². The first kappa shape index (κ1) is 13.0. The Morgan fingerprint density at radius 3 is 2.50 bits per heavy atom. The predicted molar refractivity (Wildman–Crippen MR) is 60.6 cm³/mol. The molecule has 90 valence electrons. The average Bonchev–Trinajstić information content (AvgIpc) is 2.17. The monoisotopic (exact) mass is 224 g/mol. The van der Waals surface area contributed by atoms with Crippen molar-refractivity contribution in [2.24, 2.45) is 5.41 Å². The van der Waals surface area contributed by atoms with Gasteiger partial charge in [-0.1, -0.05) is 0 Å². The number of amides is 1. The maximum atomic E-state index is 12.3. The number of carbonyl (C=O) groups is 1. The molecule has 1 saturated carbocycles. The molecule has 0 saturated heterocycles. The first-order chi connectivity index (χ1) is 7.57. The van der Waals surface area contributed by atoms with Gasteiger partial charge in [0.25, 0.3) is 0 Å². The smallest absolute Gasteiger partial charge is 0.243 e. The summed E-state index contributed by atoms with van der Waals surface area (Å²) >= 11 is 0. The summed E-state index contributed by atoms with van der Waals surface area (Å²) < 4.78 is 4.99. The molecule has 1 aliphatic carbocycles. The van der Waals surface area contributed by atoms with Crippen LogP contribution in [0.3, 0.4) is 0 Å². The zero-order valence-electron chi connectivity index (χ0n) is 10.3. The molecule has 0 heterocycles. The zero-order valence-corrected chi connectivity index (χ0v) is 10.3. The molecule has 0 spiro atoms. The lowest BCUT2D eigenvalue weighted by Gasteiger charge is -2.39. The Bertz CT molecular complexity index is 290. The summed E-state index contributed by atoms with van der Waals surface area (Å²) in [6.45, 7) is 5.02. The molecule has 1 aliphatic rings. The van der Waals surface area contributed by atoms with Crippen LogP contribution >= 0.6 is 0 Å². The molecule has 0 aromatic rings. The van der Waals surface area contributed by atoms with Crippen LogP contribution in [0.25, 0.3) is 0 Å². The fraction of sp³-hybridized carbons (Fsp3) is 0.833. The summed E-state index contributed by atoms with van der Waals surface area (Å²) in [7, 11) is 1.62. The number of rotatable bonds is 5. The molecule has 1 amide bonds. The lowest BCUT2D eigenvalue weighted by molar-refractivity contribution is -0.145. The minimum absolute atomic E-state index is 0.0201. The number of hydrogen-bond acceptors (Lipinski definition) is 3. The third kappa shape index (κ3) is 2.35. The Hall–Kier alpha value is -1.08. The van der Waals surface area contributed by atoms with Gasteiger partial charge in [0, 0.05) is 19.7 Å².